The SMILES string of the molecule is Cc1ccccc1-c1nnn(CCN2C(=O)c3ccccc3S2(=O)=O)n1. The Bertz CT molecular complexity index is 1110. The van der Waals surface area contributed by atoms with Crippen molar-refractivity contribution in [2.45, 2.75) is 18.4 Å². The van der Waals surface area contributed by atoms with Crippen molar-refractivity contribution < 1.29 is 13.2 Å². The highest BCUT2D eigenvalue weighted by molar-refractivity contribution is 7.90. The molecule has 0 radical (unpaired) electrons. The van der Waals surface area contributed by atoms with Gasteiger partial charge in [0.1, 0.15) is 4.90 Å². The third kappa shape index (κ3) is 2.57. The molecule has 0 saturated heterocycles. The molecule has 0 aliphatic carbocycles. The molecule has 2 heterocycles. The molecular formula is C17H15N5O3S. The van der Waals surface area contributed by atoms with Crippen LogP contribution in [0.3, 0.4) is 0 Å². The van der Waals surface area contributed by atoms with Crippen LogP contribution >= 0.6 is 0 Å². The second-order valence-corrected chi connectivity index (χ2v) is 7.73. The molecule has 26 heavy (non-hydrogen) atoms. The summed E-state index contributed by atoms with van der Waals surface area (Å²) in [4.78, 5) is 13.7. The average Bonchev–Trinajstić information content (AvgIpc) is 3.17. The van der Waals surface area contributed by atoms with Gasteiger partial charge in [-0.25, -0.2) is 12.7 Å². The van der Waals surface area contributed by atoms with Gasteiger partial charge in [0, 0.05) is 5.56 Å². The van der Waals surface area contributed by atoms with Crippen LogP contribution in [0, 0.1) is 6.92 Å². The second-order valence-electron chi connectivity index (χ2n) is 5.90. The number of carbonyl (C=O) groups is 1. The van der Waals surface area contributed by atoms with Crippen molar-refractivity contribution in [3.8, 4) is 11.4 Å². The van der Waals surface area contributed by atoms with Gasteiger partial charge in [-0.15, -0.1) is 10.2 Å². The monoisotopic (exact) mass is 369 g/mol. The molecule has 1 aliphatic rings. The number of aryl methyl sites for hydroxylation is 1. The van der Waals surface area contributed by atoms with E-state index in [2.05, 4.69) is 15.4 Å². The Balaban J connectivity index is 1.54. The van der Waals surface area contributed by atoms with Gasteiger partial charge in [0.15, 0.2) is 0 Å². The Morgan fingerprint density at radius 1 is 0.962 bits per heavy atom. The van der Waals surface area contributed by atoms with Gasteiger partial charge in [0.05, 0.1) is 18.7 Å². The molecule has 0 saturated carbocycles. The lowest BCUT2D eigenvalue weighted by molar-refractivity contribution is 0.0866. The summed E-state index contributed by atoms with van der Waals surface area (Å²) in [7, 11) is -3.82. The number of carbonyl (C=O) groups excluding carboxylic acids is 1. The maximum atomic E-state index is 12.5. The van der Waals surface area contributed by atoms with E-state index in [1.165, 1.54) is 16.9 Å². The number of sulfonamides is 1. The van der Waals surface area contributed by atoms with Crippen molar-refractivity contribution in [2.24, 2.45) is 0 Å². The summed E-state index contributed by atoms with van der Waals surface area (Å²) in [6.45, 7) is 2.01. The lowest BCUT2D eigenvalue weighted by atomic mass is 10.1. The van der Waals surface area contributed by atoms with Crippen molar-refractivity contribution in [3.05, 3.63) is 59.7 Å². The highest BCUT2D eigenvalue weighted by Gasteiger charge is 2.40. The van der Waals surface area contributed by atoms with Gasteiger partial charge < -0.3 is 0 Å². The van der Waals surface area contributed by atoms with E-state index in [4.69, 9.17) is 0 Å². The largest absolute Gasteiger partial charge is 0.269 e. The van der Waals surface area contributed by atoms with Crippen molar-refractivity contribution in [1.29, 1.82) is 0 Å². The summed E-state index contributed by atoms with van der Waals surface area (Å²) in [5.74, 6) is -0.0677. The maximum Gasteiger partial charge on any atom is 0.269 e. The average molecular weight is 369 g/mol. The summed E-state index contributed by atoms with van der Waals surface area (Å²) in [5.41, 5.74) is 2.07. The van der Waals surface area contributed by atoms with Gasteiger partial charge in [-0.1, -0.05) is 36.4 Å². The standard InChI is InChI=1S/C17H15N5O3S/c1-12-6-2-3-7-13(12)16-18-20-22(19-16)11-10-21-17(23)14-8-4-5-9-15(14)26(21,24)25/h2-9H,10-11H2,1H3. The van der Waals surface area contributed by atoms with Gasteiger partial charge in [-0.05, 0) is 29.8 Å². The fraction of sp³-hybridized carbons (Fsp3) is 0.176. The number of fused-ring (bicyclic) bond motifs is 1. The normalized spacial score (nSPS) is 15.3. The van der Waals surface area contributed by atoms with Crippen LogP contribution in [0.15, 0.2) is 53.4 Å². The zero-order valence-corrected chi connectivity index (χ0v) is 14.7. The molecule has 3 aromatic rings. The zero-order chi connectivity index (χ0) is 18.3. The molecule has 0 bridgehead atoms. The van der Waals surface area contributed by atoms with E-state index in [1.54, 1.807) is 12.1 Å². The summed E-state index contributed by atoms with van der Waals surface area (Å²) < 4.78 is 25.9. The Kier molecular flexibility index (Phi) is 3.80. The van der Waals surface area contributed by atoms with E-state index in [-0.39, 0.29) is 23.5 Å². The molecule has 1 aromatic heterocycles. The molecule has 2 aromatic carbocycles. The summed E-state index contributed by atoms with van der Waals surface area (Å²) in [5, 5.41) is 12.3. The van der Waals surface area contributed by atoms with Crippen LogP contribution in [-0.4, -0.2) is 45.4 Å². The molecule has 1 amide bonds. The Morgan fingerprint density at radius 3 is 2.38 bits per heavy atom. The van der Waals surface area contributed by atoms with Crippen LogP contribution in [0.25, 0.3) is 11.4 Å². The minimum atomic E-state index is -3.82. The fourth-order valence-electron chi connectivity index (χ4n) is 2.90. The topological polar surface area (TPSA) is 98.0 Å². The van der Waals surface area contributed by atoms with E-state index < -0.39 is 15.9 Å². The third-order valence-corrected chi connectivity index (χ3v) is 6.09. The van der Waals surface area contributed by atoms with Crippen molar-refractivity contribution in [2.75, 3.05) is 6.54 Å². The zero-order valence-electron chi connectivity index (χ0n) is 13.9. The lowest BCUT2D eigenvalue weighted by Gasteiger charge is -2.14. The van der Waals surface area contributed by atoms with E-state index in [1.807, 2.05) is 31.2 Å². The van der Waals surface area contributed by atoms with Crippen LogP contribution in [0.5, 0.6) is 0 Å². The number of benzene rings is 2. The van der Waals surface area contributed by atoms with E-state index in [9.17, 15) is 13.2 Å². The lowest BCUT2D eigenvalue weighted by Crippen LogP contribution is -2.33. The molecule has 0 unspecified atom stereocenters. The number of amides is 1. The molecule has 8 nitrogen and oxygen atoms in total. The fourth-order valence-corrected chi connectivity index (χ4v) is 4.46. The first-order valence-corrected chi connectivity index (χ1v) is 9.42. The van der Waals surface area contributed by atoms with Crippen LogP contribution < -0.4 is 0 Å². The molecule has 4 rings (SSSR count). The molecule has 0 N–H and O–H groups in total. The number of hydrogen-bond donors (Lipinski definition) is 0. The first-order valence-electron chi connectivity index (χ1n) is 7.98. The minimum Gasteiger partial charge on any atom is -0.268 e. The first kappa shape index (κ1) is 16.4. The molecule has 132 valence electrons. The molecule has 0 fully saturated rings. The minimum absolute atomic E-state index is 0.0390. The predicted octanol–water partition coefficient (Wildman–Crippen LogP) is 1.49. The summed E-state index contributed by atoms with van der Waals surface area (Å²) in [6, 6.07) is 13.8. The van der Waals surface area contributed by atoms with Gasteiger partial charge in [0.2, 0.25) is 5.82 Å². The smallest absolute Gasteiger partial charge is 0.268 e. The van der Waals surface area contributed by atoms with Gasteiger partial charge in [-0.3, -0.25) is 4.79 Å². The Labute approximate surface area is 150 Å². The van der Waals surface area contributed by atoms with Crippen molar-refractivity contribution in [3.63, 3.8) is 0 Å². The number of nitrogens with zero attached hydrogens (tertiary/aromatic N) is 5. The van der Waals surface area contributed by atoms with E-state index >= 15 is 0 Å². The van der Waals surface area contributed by atoms with Gasteiger partial charge in [-0.2, -0.15) is 4.80 Å². The molecule has 0 spiro atoms. The molecule has 9 heteroatoms. The van der Waals surface area contributed by atoms with Crippen LogP contribution in [0.2, 0.25) is 0 Å². The number of hydrogen-bond acceptors (Lipinski definition) is 6. The number of aromatic nitrogens is 4. The maximum absolute atomic E-state index is 12.5. The van der Waals surface area contributed by atoms with Crippen LogP contribution in [0.4, 0.5) is 0 Å². The summed E-state index contributed by atoms with van der Waals surface area (Å²) in [6.07, 6.45) is 0. The Hall–Kier alpha value is -3.07. The third-order valence-electron chi connectivity index (χ3n) is 4.25. The molecular weight excluding hydrogens is 354 g/mol. The Morgan fingerprint density at radius 2 is 1.65 bits per heavy atom. The number of tetrazole rings is 1. The number of rotatable bonds is 4. The highest BCUT2D eigenvalue weighted by atomic mass is 32.2. The van der Waals surface area contributed by atoms with Gasteiger partial charge in [0.25, 0.3) is 15.9 Å². The predicted molar refractivity (Wildman–Crippen MR) is 92.7 cm³/mol. The summed E-state index contributed by atoms with van der Waals surface area (Å²) >= 11 is 0. The van der Waals surface area contributed by atoms with E-state index in [0.29, 0.717) is 5.82 Å². The molecule has 0 atom stereocenters. The molecule has 1 aliphatic heterocycles. The highest BCUT2D eigenvalue weighted by Crippen LogP contribution is 2.29. The van der Waals surface area contributed by atoms with Gasteiger partial charge >= 0.3 is 0 Å². The van der Waals surface area contributed by atoms with Crippen molar-refractivity contribution >= 4 is 15.9 Å². The van der Waals surface area contributed by atoms with Crippen molar-refractivity contribution in [1.82, 2.24) is 24.5 Å². The quantitative estimate of drug-likeness (QED) is 0.691. The van der Waals surface area contributed by atoms with E-state index in [0.717, 1.165) is 15.4 Å². The second kappa shape index (κ2) is 6.03. The first-order chi connectivity index (χ1) is 12.5. The van der Waals surface area contributed by atoms with Crippen LogP contribution in [0.1, 0.15) is 15.9 Å². The van der Waals surface area contributed by atoms with Crippen LogP contribution in [-0.2, 0) is 16.6 Å².